The molecule has 1 aromatic rings. The Kier molecular flexibility index (Phi) is 3.38. The summed E-state index contributed by atoms with van der Waals surface area (Å²) in [4.78, 5) is 10.5. The van der Waals surface area contributed by atoms with Crippen LogP contribution in [0.15, 0.2) is 18.2 Å². The zero-order valence-corrected chi connectivity index (χ0v) is 7.96. The molecule has 80 valence electrons. The fourth-order valence-corrected chi connectivity index (χ4v) is 1.02. The summed E-state index contributed by atoms with van der Waals surface area (Å²) in [5.41, 5.74) is 5.11. The van der Waals surface area contributed by atoms with Crippen LogP contribution in [0.5, 0.6) is 5.75 Å². The van der Waals surface area contributed by atoms with Gasteiger partial charge in [0.05, 0.1) is 7.11 Å². The summed E-state index contributed by atoms with van der Waals surface area (Å²) in [6.07, 6.45) is 2.29. The van der Waals surface area contributed by atoms with Gasteiger partial charge < -0.3 is 10.5 Å². The van der Waals surface area contributed by atoms with Crippen LogP contribution in [0.3, 0.4) is 0 Å². The minimum atomic E-state index is -1.01. The molecular formula is C10H9F2NO2. The van der Waals surface area contributed by atoms with Crippen molar-refractivity contribution in [3.8, 4) is 5.75 Å². The van der Waals surface area contributed by atoms with Gasteiger partial charge in [0.1, 0.15) is 5.75 Å². The molecule has 0 spiro atoms. The molecule has 0 saturated heterocycles. The van der Waals surface area contributed by atoms with E-state index in [0.717, 1.165) is 18.2 Å². The number of amides is 1. The molecular weight excluding hydrogens is 204 g/mol. The number of hydrogen-bond donors (Lipinski definition) is 1. The largest absolute Gasteiger partial charge is 0.496 e. The van der Waals surface area contributed by atoms with Crippen LogP contribution < -0.4 is 10.5 Å². The number of benzene rings is 1. The molecule has 0 heterocycles. The van der Waals surface area contributed by atoms with Crippen molar-refractivity contribution in [2.45, 2.75) is 0 Å². The third-order valence-electron chi connectivity index (χ3n) is 1.70. The van der Waals surface area contributed by atoms with Gasteiger partial charge in [-0.2, -0.15) is 0 Å². The van der Waals surface area contributed by atoms with Crippen molar-refractivity contribution in [3.63, 3.8) is 0 Å². The number of carbonyl (C=O) groups is 1. The maximum Gasteiger partial charge on any atom is 0.241 e. The Bertz CT molecular complexity index is 416. The van der Waals surface area contributed by atoms with Crippen molar-refractivity contribution in [2.24, 2.45) is 5.73 Å². The first-order chi connectivity index (χ1) is 7.04. The lowest BCUT2D eigenvalue weighted by Crippen LogP contribution is -2.05. The van der Waals surface area contributed by atoms with Crippen LogP contribution in [0.25, 0.3) is 6.08 Å². The molecule has 0 aromatic heterocycles. The Balaban J connectivity index is 3.16. The van der Waals surface area contributed by atoms with Crippen LogP contribution in [0, 0.1) is 11.6 Å². The topological polar surface area (TPSA) is 52.3 Å². The van der Waals surface area contributed by atoms with Crippen molar-refractivity contribution in [3.05, 3.63) is 35.4 Å². The normalized spacial score (nSPS) is 10.6. The third-order valence-corrected chi connectivity index (χ3v) is 1.70. The zero-order valence-electron chi connectivity index (χ0n) is 7.96. The molecule has 0 radical (unpaired) electrons. The lowest BCUT2D eigenvalue weighted by atomic mass is 10.1. The number of halogens is 2. The molecule has 2 N–H and O–H groups in total. The van der Waals surface area contributed by atoms with Gasteiger partial charge in [0.15, 0.2) is 11.6 Å². The van der Waals surface area contributed by atoms with E-state index in [0.29, 0.717) is 0 Å². The van der Waals surface area contributed by atoms with Gasteiger partial charge in [-0.05, 0) is 12.1 Å². The molecule has 0 aliphatic rings. The van der Waals surface area contributed by atoms with Gasteiger partial charge in [-0.3, -0.25) is 4.79 Å². The van der Waals surface area contributed by atoms with E-state index in [1.165, 1.54) is 13.2 Å². The molecule has 1 amide bonds. The predicted octanol–water partition coefficient (Wildman–Crippen LogP) is 1.47. The summed E-state index contributed by atoms with van der Waals surface area (Å²) in [5.74, 6) is -2.57. The maximum absolute atomic E-state index is 12.8. The maximum atomic E-state index is 12.8. The van der Waals surface area contributed by atoms with Crippen molar-refractivity contribution >= 4 is 12.0 Å². The second-order valence-electron chi connectivity index (χ2n) is 2.74. The van der Waals surface area contributed by atoms with E-state index in [1.54, 1.807) is 0 Å². The number of methoxy groups -OCH3 is 1. The number of ether oxygens (including phenoxy) is 1. The number of hydrogen-bond acceptors (Lipinski definition) is 2. The molecule has 0 atom stereocenters. The first-order valence-corrected chi connectivity index (χ1v) is 4.05. The van der Waals surface area contributed by atoms with E-state index in [1.807, 2.05) is 0 Å². The van der Waals surface area contributed by atoms with Crippen LogP contribution in [0.4, 0.5) is 8.78 Å². The molecule has 0 aliphatic carbocycles. The Hall–Kier alpha value is -1.91. The van der Waals surface area contributed by atoms with Crippen LogP contribution in [0.2, 0.25) is 0 Å². The zero-order chi connectivity index (χ0) is 11.4. The van der Waals surface area contributed by atoms with Crippen LogP contribution >= 0.6 is 0 Å². The molecule has 0 bridgehead atoms. The second-order valence-corrected chi connectivity index (χ2v) is 2.74. The summed E-state index contributed by atoms with van der Waals surface area (Å²) in [6.45, 7) is 0. The van der Waals surface area contributed by atoms with Crippen molar-refractivity contribution < 1.29 is 18.3 Å². The summed E-state index contributed by atoms with van der Waals surface area (Å²) < 4.78 is 30.4. The van der Waals surface area contributed by atoms with Crippen LogP contribution in [-0.2, 0) is 4.79 Å². The molecule has 15 heavy (non-hydrogen) atoms. The first kappa shape index (κ1) is 11.2. The highest BCUT2D eigenvalue weighted by Crippen LogP contribution is 2.23. The minimum Gasteiger partial charge on any atom is -0.496 e. The number of carbonyl (C=O) groups excluding carboxylic acids is 1. The standard InChI is InChI=1S/C10H9F2NO2/c1-15-9-5-8(12)7(11)4-6(9)2-3-10(13)14/h2-5H,1H3,(H2,13,14)/b3-2+. The molecule has 0 fully saturated rings. The van der Waals surface area contributed by atoms with Gasteiger partial charge in [-0.25, -0.2) is 8.78 Å². The Morgan fingerprint density at radius 2 is 2.00 bits per heavy atom. The lowest BCUT2D eigenvalue weighted by Gasteiger charge is -2.04. The van der Waals surface area contributed by atoms with Crippen molar-refractivity contribution in [1.82, 2.24) is 0 Å². The van der Waals surface area contributed by atoms with Gasteiger partial charge in [0.2, 0.25) is 5.91 Å². The van der Waals surface area contributed by atoms with E-state index >= 15 is 0 Å². The first-order valence-electron chi connectivity index (χ1n) is 4.05. The summed E-state index contributed by atoms with van der Waals surface area (Å²) in [5, 5.41) is 0. The predicted molar refractivity (Wildman–Crippen MR) is 51.1 cm³/mol. The Labute approximate surface area is 85.1 Å². The van der Waals surface area contributed by atoms with Crippen LogP contribution in [-0.4, -0.2) is 13.0 Å². The summed E-state index contributed by atoms with van der Waals surface area (Å²) in [6, 6.07) is 1.82. The molecule has 5 heteroatoms. The molecule has 1 rings (SSSR count). The molecule has 3 nitrogen and oxygen atoms in total. The Morgan fingerprint density at radius 1 is 1.40 bits per heavy atom. The van der Waals surface area contributed by atoms with Gasteiger partial charge >= 0.3 is 0 Å². The quantitative estimate of drug-likeness (QED) is 0.773. The average Bonchev–Trinajstić information content (AvgIpc) is 2.19. The van der Waals surface area contributed by atoms with Gasteiger partial charge in [0.25, 0.3) is 0 Å². The average molecular weight is 213 g/mol. The second kappa shape index (κ2) is 4.54. The SMILES string of the molecule is COc1cc(F)c(F)cc1/C=C/C(N)=O. The molecule has 0 unspecified atom stereocenters. The smallest absolute Gasteiger partial charge is 0.241 e. The number of primary amides is 1. The van der Waals surface area contributed by atoms with Crippen LogP contribution in [0.1, 0.15) is 5.56 Å². The molecule has 1 aromatic carbocycles. The lowest BCUT2D eigenvalue weighted by molar-refractivity contribution is -0.113. The van der Waals surface area contributed by atoms with Gasteiger partial charge in [0, 0.05) is 17.7 Å². The highest BCUT2D eigenvalue weighted by atomic mass is 19.2. The summed E-state index contributed by atoms with van der Waals surface area (Å²) in [7, 11) is 1.31. The number of rotatable bonds is 3. The van der Waals surface area contributed by atoms with E-state index in [2.05, 4.69) is 0 Å². The minimum absolute atomic E-state index is 0.131. The van der Waals surface area contributed by atoms with Gasteiger partial charge in [-0.15, -0.1) is 0 Å². The van der Waals surface area contributed by atoms with E-state index in [4.69, 9.17) is 10.5 Å². The summed E-state index contributed by atoms with van der Waals surface area (Å²) >= 11 is 0. The fraction of sp³-hybridized carbons (Fsp3) is 0.100. The Morgan fingerprint density at radius 3 is 2.53 bits per heavy atom. The van der Waals surface area contributed by atoms with Gasteiger partial charge in [-0.1, -0.05) is 0 Å². The van der Waals surface area contributed by atoms with Crippen molar-refractivity contribution in [1.29, 1.82) is 0 Å². The van der Waals surface area contributed by atoms with E-state index < -0.39 is 17.5 Å². The monoisotopic (exact) mass is 213 g/mol. The van der Waals surface area contributed by atoms with E-state index in [-0.39, 0.29) is 11.3 Å². The highest BCUT2D eigenvalue weighted by molar-refractivity contribution is 5.90. The molecule has 0 saturated carbocycles. The third kappa shape index (κ3) is 2.77. The fourth-order valence-electron chi connectivity index (χ4n) is 1.02. The van der Waals surface area contributed by atoms with Crippen molar-refractivity contribution in [2.75, 3.05) is 7.11 Å². The number of nitrogens with two attached hydrogens (primary N) is 1. The highest BCUT2D eigenvalue weighted by Gasteiger charge is 2.08. The molecule has 0 aliphatic heterocycles. The van der Waals surface area contributed by atoms with E-state index in [9.17, 15) is 13.6 Å².